The van der Waals surface area contributed by atoms with Crippen LogP contribution >= 0.6 is 0 Å². The van der Waals surface area contributed by atoms with E-state index in [0.717, 1.165) is 0 Å². The van der Waals surface area contributed by atoms with Gasteiger partial charge < -0.3 is 37.6 Å². The lowest BCUT2D eigenvalue weighted by atomic mass is 10.1. The molecule has 0 aliphatic rings. The van der Waals surface area contributed by atoms with E-state index in [1.54, 1.807) is 0 Å². The molecular formula is C14H23N5O8. The van der Waals surface area contributed by atoms with E-state index in [9.17, 15) is 28.8 Å². The molecule has 4 amide bonds. The first-order valence-corrected chi connectivity index (χ1v) is 7.81. The molecule has 0 bridgehead atoms. The predicted molar refractivity (Wildman–Crippen MR) is 88.8 cm³/mol. The number of carbonyl (C=O) groups is 6. The summed E-state index contributed by atoms with van der Waals surface area (Å²) in [6, 6.07) is -4.23. The lowest BCUT2D eigenvalue weighted by Gasteiger charge is -2.22. The van der Waals surface area contributed by atoms with Crippen LogP contribution in [0.2, 0.25) is 0 Å². The van der Waals surface area contributed by atoms with E-state index in [1.807, 2.05) is 5.32 Å². The highest BCUT2D eigenvalue weighted by Crippen LogP contribution is 2.01. The largest absolute Gasteiger partial charge is 0.481 e. The van der Waals surface area contributed by atoms with E-state index in [4.69, 9.17) is 21.7 Å². The van der Waals surface area contributed by atoms with E-state index < -0.39 is 60.1 Å². The van der Waals surface area contributed by atoms with Crippen molar-refractivity contribution in [3.8, 4) is 0 Å². The molecule has 0 aromatic carbocycles. The predicted octanol–water partition coefficient (Wildman–Crippen LogP) is -3.76. The molecule has 3 atom stereocenters. The molecule has 0 spiro atoms. The van der Waals surface area contributed by atoms with Gasteiger partial charge in [-0.2, -0.15) is 0 Å². The van der Waals surface area contributed by atoms with E-state index in [0.29, 0.717) is 0 Å². The van der Waals surface area contributed by atoms with Gasteiger partial charge >= 0.3 is 11.9 Å². The van der Waals surface area contributed by atoms with Crippen molar-refractivity contribution >= 4 is 35.6 Å². The van der Waals surface area contributed by atoms with E-state index in [1.165, 1.54) is 6.92 Å². The number of rotatable bonds is 12. The molecule has 27 heavy (non-hydrogen) atoms. The topological polar surface area (TPSA) is 231 Å². The lowest BCUT2D eigenvalue weighted by Crippen LogP contribution is -2.56. The van der Waals surface area contributed by atoms with Gasteiger partial charge in [-0.05, 0) is 13.3 Å². The van der Waals surface area contributed by atoms with Gasteiger partial charge in [-0.25, -0.2) is 4.79 Å². The highest BCUT2D eigenvalue weighted by molar-refractivity contribution is 5.95. The molecule has 9 N–H and O–H groups in total. The molecule has 13 nitrogen and oxygen atoms in total. The molecule has 152 valence electrons. The fourth-order valence-electron chi connectivity index (χ4n) is 1.86. The molecule has 3 unspecified atom stereocenters. The van der Waals surface area contributed by atoms with Gasteiger partial charge in [0.25, 0.3) is 0 Å². The van der Waals surface area contributed by atoms with Crippen molar-refractivity contribution in [3.63, 3.8) is 0 Å². The van der Waals surface area contributed by atoms with Crippen LogP contribution in [0.25, 0.3) is 0 Å². The Bertz CT molecular complexity index is 608. The van der Waals surface area contributed by atoms with Gasteiger partial charge in [0.2, 0.25) is 23.6 Å². The maximum atomic E-state index is 12.2. The van der Waals surface area contributed by atoms with Crippen LogP contribution in [0.5, 0.6) is 0 Å². The summed E-state index contributed by atoms with van der Waals surface area (Å²) >= 11 is 0. The number of carboxylic acids is 2. The Morgan fingerprint density at radius 2 is 1.48 bits per heavy atom. The van der Waals surface area contributed by atoms with Crippen LogP contribution in [0.3, 0.4) is 0 Å². The molecule has 0 saturated heterocycles. The van der Waals surface area contributed by atoms with Crippen LogP contribution in [0.1, 0.15) is 26.2 Å². The van der Waals surface area contributed by atoms with Crippen LogP contribution in [-0.2, 0) is 28.8 Å². The average molecular weight is 389 g/mol. The maximum Gasteiger partial charge on any atom is 0.326 e. The average Bonchev–Trinajstić information content (AvgIpc) is 2.56. The molecule has 0 aliphatic carbocycles. The van der Waals surface area contributed by atoms with Gasteiger partial charge in [0.15, 0.2) is 0 Å². The molecule has 0 heterocycles. The monoisotopic (exact) mass is 389 g/mol. The summed E-state index contributed by atoms with van der Waals surface area (Å²) in [5.41, 5.74) is 10.0. The molecule has 0 aliphatic heterocycles. The zero-order chi connectivity index (χ0) is 21.1. The van der Waals surface area contributed by atoms with Crippen molar-refractivity contribution in [2.45, 2.75) is 44.3 Å². The van der Waals surface area contributed by atoms with Crippen molar-refractivity contribution in [3.05, 3.63) is 0 Å². The minimum absolute atomic E-state index is 0.312. The SMILES string of the molecule is CC(NC(=O)CN)C(=O)NC(CC(=O)O)C(=O)NC(CCC(N)=O)C(=O)O. The van der Waals surface area contributed by atoms with Crippen molar-refractivity contribution in [1.82, 2.24) is 16.0 Å². The minimum atomic E-state index is -1.61. The summed E-state index contributed by atoms with van der Waals surface area (Å²) in [7, 11) is 0. The number of carbonyl (C=O) groups excluding carboxylic acids is 4. The van der Waals surface area contributed by atoms with Crippen LogP contribution in [0, 0.1) is 0 Å². The Morgan fingerprint density at radius 1 is 0.926 bits per heavy atom. The van der Waals surface area contributed by atoms with E-state index in [2.05, 4.69) is 10.6 Å². The van der Waals surface area contributed by atoms with Crippen LogP contribution < -0.4 is 27.4 Å². The standard InChI is InChI=1S/C14H23N5O8/c1-6(17-10(21)5-15)12(24)19-8(4-11(22)23)13(25)18-7(14(26)27)2-3-9(16)20/h6-8H,2-5,15H2,1H3,(H2,16,20)(H,17,21)(H,18,25)(H,19,24)(H,22,23)(H,26,27). The first-order chi connectivity index (χ1) is 12.5. The number of nitrogens with two attached hydrogens (primary N) is 2. The van der Waals surface area contributed by atoms with Gasteiger partial charge in [0, 0.05) is 6.42 Å². The molecule has 0 radical (unpaired) electrons. The summed E-state index contributed by atoms with van der Waals surface area (Å²) in [6.07, 6.45) is -1.47. The fourth-order valence-corrected chi connectivity index (χ4v) is 1.86. The Labute approximate surface area is 153 Å². The molecule has 0 fully saturated rings. The van der Waals surface area contributed by atoms with Crippen molar-refractivity contribution in [1.29, 1.82) is 0 Å². The lowest BCUT2D eigenvalue weighted by molar-refractivity contribution is -0.143. The van der Waals surface area contributed by atoms with Gasteiger partial charge in [0.1, 0.15) is 18.1 Å². The number of amides is 4. The van der Waals surface area contributed by atoms with Crippen molar-refractivity contribution < 1.29 is 39.0 Å². The zero-order valence-electron chi connectivity index (χ0n) is 14.6. The first-order valence-electron chi connectivity index (χ1n) is 7.81. The first kappa shape index (κ1) is 23.8. The highest BCUT2D eigenvalue weighted by atomic mass is 16.4. The maximum absolute atomic E-state index is 12.2. The van der Waals surface area contributed by atoms with E-state index in [-0.39, 0.29) is 19.4 Å². The van der Waals surface area contributed by atoms with Crippen LogP contribution in [-0.4, -0.2) is 70.5 Å². The van der Waals surface area contributed by atoms with Gasteiger partial charge in [-0.3, -0.25) is 24.0 Å². The normalized spacial score (nSPS) is 13.6. The van der Waals surface area contributed by atoms with Gasteiger partial charge in [0.05, 0.1) is 13.0 Å². The van der Waals surface area contributed by atoms with Gasteiger partial charge in [-0.1, -0.05) is 0 Å². The third-order valence-electron chi connectivity index (χ3n) is 3.26. The Balaban J connectivity index is 5.09. The summed E-state index contributed by atoms with van der Waals surface area (Å²) in [6.45, 7) is 0.905. The second-order valence-corrected chi connectivity index (χ2v) is 5.56. The van der Waals surface area contributed by atoms with Gasteiger partial charge in [-0.15, -0.1) is 0 Å². The third-order valence-corrected chi connectivity index (χ3v) is 3.26. The number of aliphatic carboxylic acids is 2. The Hall–Kier alpha value is -3.22. The summed E-state index contributed by atoms with van der Waals surface area (Å²) in [4.78, 5) is 68.2. The second-order valence-electron chi connectivity index (χ2n) is 5.56. The summed E-state index contributed by atoms with van der Waals surface area (Å²) in [5.74, 6) is -6.28. The number of hydrogen-bond donors (Lipinski definition) is 7. The third kappa shape index (κ3) is 9.74. The number of primary amides is 1. The molecular weight excluding hydrogens is 366 g/mol. The molecule has 0 aromatic rings. The zero-order valence-corrected chi connectivity index (χ0v) is 14.6. The second kappa shape index (κ2) is 11.4. The number of carboxylic acid groups (broad SMARTS) is 2. The minimum Gasteiger partial charge on any atom is -0.481 e. The molecule has 0 rings (SSSR count). The molecule has 0 aromatic heterocycles. The fraction of sp³-hybridized carbons (Fsp3) is 0.571. The van der Waals surface area contributed by atoms with Crippen LogP contribution in [0.15, 0.2) is 0 Å². The van der Waals surface area contributed by atoms with Crippen LogP contribution in [0.4, 0.5) is 0 Å². The van der Waals surface area contributed by atoms with Crippen molar-refractivity contribution in [2.75, 3.05) is 6.54 Å². The quantitative estimate of drug-likeness (QED) is 0.173. The molecule has 0 saturated carbocycles. The Morgan fingerprint density at radius 3 is 1.93 bits per heavy atom. The van der Waals surface area contributed by atoms with Crippen molar-refractivity contribution in [2.24, 2.45) is 11.5 Å². The summed E-state index contributed by atoms with van der Waals surface area (Å²) < 4.78 is 0. The Kier molecular flexibility index (Phi) is 10.0. The smallest absolute Gasteiger partial charge is 0.326 e. The molecule has 13 heteroatoms. The highest BCUT2D eigenvalue weighted by Gasteiger charge is 2.29. The number of hydrogen-bond acceptors (Lipinski definition) is 7. The van der Waals surface area contributed by atoms with E-state index >= 15 is 0 Å². The number of nitrogens with one attached hydrogen (secondary N) is 3. The summed E-state index contributed by atoms with van der Waals surface area (Å²) in [5, 5.41) is 24.3.